The van der Waals surface area contributed by atoms with Gasteiger partial charge in [-0.25, -0.2) is 9.59 Å². The van der Waals surface area contributed by atoms with Crippen molar-refractivity contribution in [1.82, 2.24) is 4.57 Å². The van der Waals surface area contributed by atoms with E-state index in [0.29, 0.717) is 40.0 Å². The van der Waals surface area contributed by atoms with Gasteiger partial charge in [-0.1, -0.05) is 18.3 Å². The normalized spacial score (nSPS) is 15.1. The molecule has 0 bridgehead atoms. The van der Waals surface area contributed by atoms with E-state index in [0.717, 1.165) is 39.9 Å². The Balaban J connectivity index is 1.41. The second-order valence-electron chi connectivity index (χ2n) is 9.35. The van der Waals surface area contributed by atoms with Crippen LogP contribution in [-0.4, -0.2) is 53.0 Å². The Bertz CT molecular complexity index is 1500. The number of nitrogens with one attached hydrogen (secondary N) is 1. The van der Waals surface area contributed by atoms with Gasteiger partial charge in [0.25, 0.3) is 5.91 Å². The number of nitrogens with zero attached hydrogens (tertiary/aromatic N) is 2. The van der Waals surface area contributed by atoms with E-state index in [2.05, 4.69) is 17.2 Å². The van der Waals surface area contributed by atoms with Crippen molar-refractivity contribution in [2.45, 2.75) is 53.5 Å². The number of hydrogen-bond donors (Lipinski definition) is 1. The lowest BCUT2D eigenvalue weighted by Gasteiger charge is -2.18. The van der Waals surface area contributed by atoms with E-state index in [4.69, 9.17) is 9.47 Å². The minimum atomic E-state index is -0.409. The molecule has 0 radical (unpaired) electrons. The highest BCUT2D eigenvalue weighted by Gasteiger charge is 2.29. The lowest BCUT2D eigenvalue weighted by atomic mass is 9.88. The van der Waals surface area contributed by atoms with Crippen LogP contribution in [0.25, 0.3) is 10.2 Å². The zero-order chi connectivity index (χ0) is 28.8. The number of rotatable bonds is 10. The molecule has 1 unspecified atom stereocenters. The summed E-state index contributed by atoms with van der Waals surface area (Å²) in [7, 11) is 0. The van der Waals surface area contributed by atoms with Crippen LogP contribution in [0.1, 0.15) is 65.3 Å². The average Bonchev–Trinajstić information content (AvgIpc) is 3.44. The molecule has 9 nitrogen and oxygen atoms in total. The molecule has 0 saturated heterocycles. The van der Waals surface area contributed by atoms with Crippen molar-refractivity contribution in [3.05, 3.63) is 44.6 Å². The second kappa shape index (κ2) is 13.6. The summed E-state index contributed by atoms with van der Waals surface area (Å²) in [6.07, 6.45) is 2.67. The van der Waals surface area contributed by atoms with E-state index in [9.17, 15) is 19.2 Å². The summed E-state index contributed by atoms with van der Waals surface area (Å²) in [5.74, 6) is -0.835. The summed E-state index contributed by atoms with van der Waals surface area (Å²) in [5.41, 5.74) is 2.79. The molecular formula is C28H33N3O6S3. The Hall–Kier alpha value is -2.96. The number of fused-ring (bicyclic) bond motifs is 2. The summed E-state index contributed by atoms with van der Waals surface area (Å²) >= 11 is 3.94. The number of benzene rings is 1. The van der Waals surface area contributed by atoms with E-state index in [-0.39, 0.29) is 29.9 Å². The maximum atomic E-state index is 12.8. The van der Waals surface area contributed by atoms with Gasteiger partial charge < -0.3 is 19.4 Å². The van der Waals surface area contributed by atoms with Gasteiger partial charge in [0.2, 0.25) is 5.91 Å². The molecule has 4 rings (SSSR count). The van der Waals surface area contributed by atoms with Gasteiger partial charge in [0.05, 0.1) is 46.1 Å². The van der Waals surface area contributed by atoms with Gasteiger partial charge in [0, 0.05) is 11.4 Å². The van der Waals surface area contributed by atoms with E-state index in [1.807, 2.05) is 17.6 Å². The van der Waals surface area contributed by atoms with Crippen LogP contribution in [0.4, 0.5) is 5.00 Å². The Morgan fingerprint density at radius 2 is 1.82 bits per heavy atom. The Morgan fingerprint density at radius 3 is 2.55 bits per heavy atom. The summed E-state index contributed by atoms with van der Waals surface area (Å²) in [6.45, 7) is 8.82. The molecule has 1 aliphatic rings. The second-order valence-corrected chi connectivity index (χ2v) is 12.5. The van der Waals surface area contributed by atoms with Crippen LogP contribution in [0.15, 0.2) is 23.2 Å². The number of aryl methyl sites for hydroxylation is 1. The molecule has 2 heterocycles. The van der Waals surface area contributed by atoms with Gasteiger partial charge in [-0.2, -0.15) is 4.99 Å². The third-order valence-corrected chi connectivity index (χ3v) is 9.56. The molecule has 1 aliphatic carbocycles. The fraction of sp³-hybridized carbons (Fsp3) is 0.464. The molecule has 0 aliphatic heterocycles. The lowest BCUT2D eigenvalue weighted by Crippen LogP contribution is -2.19. The summed E-state index contributed by atoms with van der Waals surface area (Å²) in [4.78, 5) is 56.2. The van der Waals surface area contributed by atoms with Gasteiger partial charge >= 0.3 is 11.9 Å². The first kappa shape index (κ1) is 30.0. The maximum absolute atomic E-state index is 12.8. The van der Waals surface area contributed by atoms with Crippen molar-refractivity contribution >= 4 is 73.4 Å². The number of ether oxygens (including phenoxy) is 2. The number of carbonyl (C=O) groups excluding carboxylic acids is 4. The van der Waals surface area contributed by atoms with Crippen LogP contribution < -0.4 is 10.1 Å². The standard InChI is InChI=1S/C28H33N3O6S3/c1-5-31-19-11-9-17(26(34)36-6-2)13-21(19)40-28(31)30-23(33)15-38-14-22(32)29-25-24(27(35)37-7-3)18-10-8-16(4)12-20(18)39-25/h9,11,13,16H,5-8,10,12,14-15H2,1-4H3,(H,29,32). The molecule has 1 N–H and O–H groups in total. The van der Waals surface area contributed by atoms with Crippen LogP contribution in [0, 0.1) is 5.92 Å². The fourth-order valence-electron chi connectivity index (χ4n) is 4.60. The molecule has 12 heteroatoms. The summed E-state index contributed by atoms with van der Waals surface area (Å²) in [6, 6.07) is 5.29. The molecule has 2 amide bonds. The average molecular weight is 604 g/mol. The predicted octanol–water partition coefficient (Wildman–Crippen LogP) is 5.06. The number of thiophene rings is 1. The highest BCUT2D eigenvalue weighted by Crippen LogP contribution is 2.40. The number of esters is 2. The number of hydrogen-bond acceptors (Lipinski definition) is 9. The molecule has 1 atom stereocenters. The quantitative estimate of drug-likeness (QED) is 0.322. The Labute approximate surface area is 245 Å². The van der Waals surface area contributed by atoms with Crippen LogP contribution in [0.5, 0.6) is 0 Å². The SMILES string of the molecule is CCOC(=O)c1ccc2c(c1)sc(=NC(=O)CSCC(=O)Nc1sc3c(c1C(=O)OCC)CCC(C)C3)n2CC. The van der Waals surface area contributed by atoms with Crippen molar-refractivity contribution in [2.75, 3.05) is 30.0 Å². The van der Waals surface area contributed by atoms with Crippen LogP contribution in [0.3, 0.4) is 0 Å². The van der Waals surface area contributed by atoms with Crippen molar-refractivity contribution < 1.29 is 28.7 Å². The number of thioether (sulfide) groups is 1. The fourth-order valence-corrected chi connectivity index (χ4v) is 7.76. The van der Waals surface area contributed by atoms with E-state index < -0.39 is 11.9 Å². The van der Waals surface area contributed by atoms with Crippen LogP contribution in [-0.2, 0) is 38.4 Å². The number of aromatic nitrogens is 1. The van der Waals surface area contributed by atoms with Gasteiger partial charge in [0.1, 0.15) is 5.00 Å². The molecule has 3 aromatic rings. The van der Waals surface area contributed by atoms with Gasteiger partial charge in [0.15, 0.2) is 4.80 Å². The topological polar surface area (TPSA) is 116 Å². The molecule has 1 aromatic carbocycles. The Kier molecular flexibility index (Phi) is 10.2. The Morgan fingerprint density at radius 1 is 1.07 bits per heavy atom. The minimum absolute atomic E-state index is 0.0304. The van der Waals surface area contributed by atoms with E-state index >= 15 is 0 Å². The highest BCUT2D eigenvalue weighted by atomic mass is 32.2. The molecule has 214 valence electrons. The summed E-state index contributed by atoms with van der Waals surface area (Å²) in [5, 5.41) is 3.40. The van der Waals surface area contributed by atoms with E-state index in [1.54, 1.807) is 26.0 Å². The number of thiazole rings is 1. The molecular weight excluding hydrogens is 571 g/mol. The minimum Gasteiger partial charge on any atom is -0.462 e. The van der Waals surface area contributed by atoms with Crippen molar-refractivity contribution in [2.24, 2.45) is 10.9 Å². The zero-order valence-electron chi connectivity index (χ0n) is 23.0. The lowest BCUT2D eigenvalue weighted by molar-refractivity contribution is -0.115. The third kappa shape index (κ3) is 6.84. The number of anilines is 1. The smallest absolute Gasteiger partial charge is 0.341 e. The molecule has 0 fully saturated rings. The van der Waals surface area contributed by atoms with Crippen molar-refractivity contribution in [3.63, 3.8) is 0 Å². The molecule has 40 heavy (non-hydrogen) atoms. The van der Waals surface area contributed by atoms with Crippen molar-refractivity contribution in [1.29, 1.82) is 0 Å². The monoisotopic (exact) mass is 603 g/mol. The molecule has 0 spiro atoms. The molecule has 0 saturated carbocycles. The largest absolute Gasteiger partial charge is 0.462 e. The first-order valence-electron chi connectivity index (χ1n) is 13.3. The third-order valence-electron chi connectivity index (χ3n) is 6.43. The first-order valence-corrected chi connectivity index (χ1v) is 16.1. The number of amides is 2. The predicted molar refractivity (Wildman–Crippen MR) is 159 cm³/mol. The van der Waals surface area contributed by atoms with Crippen molar-refractivity contribution in [3.8, 4) is 0 Å². The van der Waals surface area contributed by atoms with Crippen LogP contribution >= 0.6 is 34.4 Å². The first-order chi connectivity index (χ1) is 19.2. The molecule has 2 aromatic heterocycles. The maximum Gasteiger partial charge on any atom is 0.341 e. The van der Waals surface area contributed by atoms with Gasteiger partial charge in [-0.15, -0.1) is 23.1 Å². The number of carbonyl (C=O) groups is 4. The van der Waals surface area contributed by atoms with Gasteiger partial charge in [-0.3, -0.25) is 9.59 Å². The van der Waals surface area contributed by atoms with Crippen LogP contribution in [0.2, 0.25) is 0 Å². The highest BCUT2D eigenvalue weighted by molar-refractivity contribution is 8.00. The van der Waals surface area contributed by atoms with Gasteiger partial charge in [-0.05, 0) is 69.7 Å². The van der Waals surface area contributed by atoms with E-state index in [1.165, 1.54) is 34.4 Å². The zero-order valence-corrected chi connectivity index (χ0v) is 25.5. The summed E-state index contributed by atoms with van der Waals surface area (Å²) < 4.78 is 13.1.